The molecule has 0 spiro atoms. The number of hydrogen-bond donors (Lipinski definition) is 2. The van der Waals surface area contributed by atoms with Crippen molar-refractivity contribution in [1.82, 2.24) is 10.2 Å². The fraction of sp³-hybridized carbons (Fsp3) is 0.680. The van der Waals surface area contributed by atoms with Gasteiger partial charge in [-0.15, -0.1) is 0 Å². The smallest absolute Gasteiger partial charge is 0.238 e. The van der Waals surface area contributed by atoms with Gasteiger partial charge in [0.1, 0.15) is 0 Å². The minimum Gasteiger partial charge on any atom is -0.353 e. The molecule has 1 aromatic rings. The SMILES string of the molecule is Cc1cccc(C)c1NC(=O)CN(CCC(=O)NC(C)C1CC2CCC1C2)C1CC1. The first kappa shape index (κ1) is 21.4. The van der Waals surface area contributed by atoms with Crippen LogP contribution in [0.15, 0.2) is 18.2 Å². The minimum atomic E-state index is 0.00931. The zero-order valence-electron chi connectivity index (χ0n) is 18.7. The van der Waals surface area contributed by atoms with Crippen LogP contribution in [0.3, 0.4) is 0 Å². The number of nitrogens with zero attached hydrogens (tertiary/aromatic N) is 1. The molecule has 0 aliphatic heterocycles. The number of carbonyl (C=O) groups is 2. The molecule has 0 saturated heterocycles. The summed E-state index contributed by atoms with van der Waals surface area (Å²) in [5.74, 6) is 2.53. The van der Waals surface area contributed by atoms with E-state index in [-0.39, 0.29) is 17.9 Å². The van der Waals surface area contributed by atoms with Crippen LogP contribution in [0.1, 0.15) is 63.0 Å². The monoisotopic (exact) mass is 411 g/mol. The molecule has 3 saturated carbocycles. The number of anilines is 1. The van der Waals surface area contributed by atoms with Crippen molar-refractivity contribution < 1.29 is 9.59 Å². The standard InChI is InChI=1S/C25H37N3O2/c1-16-5-4-6-17(2)25(16)27-24(30)15-28(21-9-10-21)12-11-23(29)26-18(3)22-14-19-7-8-20(22)13-19/h4-6,18-22H,7-15H2,1-3H3,(H,26,29)(H,27,30). The summed E-state index contributed by atoms with van der Waals surface area (Å²) in [5.41, 5.74) is 3.07. The zero-order chi connectivity index (χ0) is 21.3. The van der Waals surface area contributed by atoms with E-state index in [1.165, 1.54) is 25.7 Å². The Labute approximate surface area is 181 Å². The number of aryl methyl sites for hydroxylation is 2. The van der Waals surface area contributed by atoms with Gasteiger partial charge in [-0.05, 0) is 81.8 Å². The highest BCUT2D eigenvalue weighted by atomic mass is 16.2. The molecule has 3 fully saturated rings. The van der Waals surface area contributed by atoms with Crippen LogP contribution in [0.5, 0.6) is 0 Å². The molecular formula is C25H37N3O2. The van der Waals surface area contributed by atoms with Crippen molar-refractivity contribution in [3.05, 3.63) is 29.3 Å². The second-order valence-electron chi connectivity index (χ2n) is 9.96. The summed E-state index contributed by atoms with van der Waals surface area (Å²) in [5, 5.41) is 6.35. The number of amides is 2. The molecule has 2 amide bonds. The van der Waals surface area contributed by atoms with Crippen molar-refractivity contribution in [2.45, 2.75) is 77.8 Å². The Morgan fingerprint density at radius 3 is 2.40 bits per heavy atom. The lowest BCUT2D eigenvalue weighted by Crippen LogP contribution is -2.42. The van der Waals surface area contributed by atoms with Gasteiger partial charge >= 0.3 is 0 Å². The number of hydrogen-bond acceptors (Lipinski definition) is 3. The van der Waals surface area contributed by atoms with Crippen molar-refractivity contribution in [3.63, 3.8) is 0 Å². The highest BCUT2D eigenvalue weighted by molar-refractivity contribution is 5.93. The van der Waals surface area contributed by atoms with E-state index in [1.54, 1.807) is 0 Å². The maximum atomic E-state index is 12.7. The van der Waals surface area contributed by atoms with Gasteiger partial charge in [-0.25, -0.2) is 0 Å². The molecule has 30 heavy (non-hydrogen) atoms. The van der Waals surface area contributed by atoms with Crippen LogP contribution in [-0.2, 0) is 9.59 Å². The number of rotatable bonds is 9. The number of nitrogens with one attached hydrogen (secondary N) is 2. The van der Waals surface area contributed by atoms with Crippen molar-refractivity contribution in [2.24, 2.45) is 17.8 Å². The number of para-hydroxylation sites is 1. The molecule has 2 N–H and O–H groups in total. The molecule has 1 aromatic carbocycles. The Kier molecular flexibility index (Phi) is 6.47. The Balaban J connectivity index is 1.24. The average Bonchev–Trinajstić information content (AvgIpc) is 3.33. The van der Waals surface area contributed by atoms with Gasteiger partial charge in [0.05, 0.1) is 6.54 Å². The van der Waals surface area contributed by atoms with Crippen molar-refractivity contribution in [3.8, 4) is 0 Å². The fourth-order valence-corrected chi connectivity index (χ4v) is 5.79. The van der Waals surface area contributed by atoms with Gasteiger partial charge < -0.3 is 10.6 Å². The lowest BCUT2D eigenvalue weighted by molar-refractivity contribution is -0.123. The first-order valence-electron chi connectivity index (χ1n) is 11.8. The molecule has 4 rings (SSSR count). The van der Waals surface area contributed by atoms with Gasteiger partial charge in [-0.1, -0.05) is 24.6 Å². The normalized spacial score (nSPS) is 26.1. The molecule has 5 nitrogen and oxygen atoms in total. The lowest BCUT2D eigenvalue weighted by Gasteiger charge is -2.29. The summed E-state index contributed by atoms with van der Waals surface area (Å²) in [6.07, 6.45) is 8.12. The van der Waals surface area contributed by atoms with E-state index < -0.39 is 0 Å². The molecule has 4 atom stereocenters. The summed E-state index contributed by atoms with van der Waals surface area (Å²) < 4.78 is 0. The Hall–Kier alpha value is -1.88. The fourth-order valence-electron chi connectivity index (χ4n) is 5.79. The summed E-state index contributed by atoms with van der Waals surface area (Å²) in [4.78, 5) is 27.5. The number of carbonyl (C=O) groups excluding carboxylic acids is 2. The molecule has 164 valence electrons. The lowest BCUT2D eigenvalue weighted by atomic mass is 9.84. The van der Waals surface area contributed by atoms with Gasteiger partial charge in [-0.2, -0.15) is 0 Å². The molecule has 3 aliphatic rings. The van der Waals surface area contributed by atoms with Crippen LogP contribution in [0.4, 0.5) is 5.69 Å². The van der Waals surface area contributed by atoms with Crippen LogP contribution in [0, 0.1) is 31.6 Å². The first-order valence-corrected chi connectivity index (χ1v) is 11.8. The second kappa shape index (κ2) is 9.09. The van der Waals surface area contributed by atoms with Gasteiger partial charge in [0, 0.05) is 30.7 Å². The van der Waals surface area contributed by atoms with Crippen LogP contribution < -0.4 is 10.6 Å². The summed E-state index contributed by atoms with van der Waals surface area (Å²) in [6.45, 7) is 7.22. The quantitative estimate of drug-likeness (QED) is 0.645. The Bertz CT molecular complexity index is 768. The minimum absolute atomic E-state index is 0.00931. The second-order valence-corrected chi connectivity index (χ2v) is 9.96. The highest BCUT2D eigenvalue weighted by Gasteiger charge is 2.42. The molecule has 3 aliphatic carbocycles. The topological polar surface area (TPSA) is 61.4 Å². The van der Waals surface area contributed by atoms with E-state index in [0.29, 0.717) is 31.5 Å². The summed E-state index contributed by atoms with van der Waals surface area (Å²) >= 11 is 0. The number of fused-ring (bicyclic) bond motifs is 2. The zero-order valence-corrected chi connectivity index (χ0v) is 18.7. The number of benzene rings is 1. The van der Waals surface area contributed by atoms with Crippen LogP contribution in [0.25, 0.3) is 0 Å². The van der Waals surface area contributed by atoms with E-state index in [1.807, 2.05) is 32.0 Å². The van der Waals surface area contributed by atoms with Gasteiger partial charge in [-0.3, -0.25) is 14.5 Å². The van der Waals surface area contributed by atoms with E-state index in [9.17, 15) is 9.59 Å². The maximum Gasteiger partial charge on any atom is 0.238 e. The van der Waals surface area contributed by atoms with Crippen LogP contribution >= 0.6 is 0 Å². The largest absolute Gasteiger partial charge is 0.353 e. The maximum absolute atomic E-state index is 12.7. The molecule has 5 heteroatoms. The highest BCUT2D eigenvalue weighted by Crippen LogP contribution is 2.49. The van der Waals surface area contributed by atoms with E-state index in [4.69, 9.17) is 0 Å². The Morgan fingerprint density at radius 1 is 1.07 bits per heavy atom. The predicted octanol–water partition coefficient (Wildman–Crippen LogP) is 4.04. The molecule has 0 aromatic heterocycles. The molecule has 0 heterocycles. The van der Waals surface area contributed by atoms with E-state index >= 15 is 0 Å². The van der Waals surface area contributed by atoms with Gasteiger partial charge in [0.15, 0.2) is 0 Å². The predicted molar refractivity (Wildman–Crippen MR) is 120 cm³/mol. The third kappa shape index (κ3) is 5.05. The van der Waals surface area contributed by atoms with Crippen molar-refractivity contribution in [1.29, 1.82) is 0 Å². The first-order chi connectivity index (χ1) is 14.4. The average molecular weight is 412 g/mol. The van der Waals surface area contributed by atoms with Gasteiger partial charge in [0.2, 0.25) is 11.8 Å². The van der Waals surface area contributed by atoms with Crippen LogP contribution in [-0.4, -0.2) is 41.9 Å². The van der Waals surface area contributed by atoms with Crippen molar-refractivity contribution >= 4 is 17.5 Å². The molecule has 4 unspecified atom stereocenters. The van der Waals surface area contributed by atoms with Crippen molar-refractivity contribution in [2.75, 3.05) is 18.4 Å². The van der Waals surface area contributed by atoms with Crippen LogP contribution in [0.2, 0.25) is 0 Å². The summed E-state index contributed by atoms with van der Waals surface area (Å²) in [7, 11) is 0. The third-order valence-electron chi connectivity index (χ3n) is 7.61. The third-order valence-corrected chi connectivity index (χ3v) is 7.61. The Morgan fingerprint density at radius 2 is 1.80 bits per heavy atom. The molecular weight excluding hydrogens is 374 g/mol. The van der Waals surface area contributed by atoms with E-state index in [0.717, 1.165) is 41.5 Å². The van der Waals surface area contributed by atoms with Gasteiger partial charge in [0.25, 0.3) is 0 Å². The van der Waals surface area contributed by atoms with E-state index in [2.05, 4.69) is 22.5 Å². The molecule has 0 radical (unpaired) electrons. The summed E-state index contributed by atoms with van der Waals surface area (Å²) in [6, 6.07) is 6.76. The molecule has 2 bridgehead atoms.